The van der Waals surface area contributed by atoms with Gasteiger partial charge in [0.05, 0.1) is 11.0 Å². The molecule has 0 spiro atoms. The molecule has 2 heterocycles. The number of hydrogen-bond donors (Lipinski definition) is 2. The van der Waals surface area contributed by atoms with E-state index in [1.54, 1.807) is 23.5 Å². The molecule has 1 fully saturated rings. The lowest BCUT2D eigenvalue weighted by Crippen LogP contribution is -2.41. The van der Waals surface area contributed by atoms with Crippen molar-refractivity contribution >= 4 is 34.2 Å². The minimum absolute atomic E-state index is 0.169. The summed E-state index contributed by atoms with van der Waals surface area (Å²) in [6.45, 7) is 6.20. The first-order valence-corrected chi connectivity index (χ1v) is 12.3. The zero-order valence-electron chi connectivity index (χ0n) is 18.9. The second kappa shape index (κ2) is 9.45. The molecule has 2 aromatic heterocycles. The summed E-state index contributed by atoms with van der Waals surface area (Å²) < 4.78 is 2.38. The maximum absolute atomic E-state index is 12.8. The topological polar surface area (TPSA) is 84.2 Å². The van der Waals surface area contributed by atoms with Gasteiger partial charge in [0.1, 0.15) is 11.9 Å². The molecule has 1 saturated carbocycles. The maximum Gasteiger partial charge on any atom is 0.326 e. The predicted octanol–water partition coefficient (Wildman–Crippen LogP) is 5.28. The van der Waals surface area contributed by atoms with Crippen molar-refractivity contribution in [2.75, 3.05) is 0 Å². The van der Waals surface area contributed by atoms with E-state index in [1.165, 1.54) is 17.7 Å². The molecule has 0 radical (unpaired) electrons. The number of imidazole rings is 1. The van der Waals surface area contributed by atoms with E-state index >= 15 is 0 Å². The van der Waals surface area contributed by atoms with Crippen LogP contribution in [-0.2, 0) is 11.2 Å². The number of thiophene rings is 1. The second-order valence-electron chi connectivity index (χ2n) is 9.33. The van der Waals surface area contributed by atoms with Gasteiger partial charge in [0, 0.05) is 22.9 Å². The van der Waals surface area contributed by atoms with E-state index in [0.717, 1.165) is 29.7 Å². The van der Waals surface area contributed by atoms with Crippen molar-refractivity contribution in [2.24, 2.45) is 11.8 Å². The van der Waals surface area contributed by atoms with Gasteiger partial charge in [-0.15, -0.1) is 11.3 Å². The van der Waals surface area contributed by atoms with Crippen molar-refractivity contribution in [2.45, 2.75) is 65.0 Å². The van der Waals surface area contributed by atoms with Crippen molar-refractivity contribution < 1.29 is 14.7 Å². The molecule has 4 rings (SSSR count). The van der Waals surface area contributed by atoms with E-state index in [2.05, 4.69) is 34.3 Å². The van der Waals surface area contributed by atoms with Crippen LogP contribution in [0.5, 0.6) is 0 Å². The second-order valence-corrected chi connectivity index (χ2v) is 10.4. The summed E-state index contributed by atoms with van der Waals surface area (Å²) in [6.07, 6.45) is 4.74. The number of carbonyl (C=O) groups is 2. The van der Waals surface area contributed by atoms with Crippen LogP contribution in [-0.4, -0.2) is 32.6 Å². The van der Waals surface area contributed by atoms with Gasteiger partial charge in [-0.25, -0.2) is 9.78 Å². The summed E-state index contributed by atoms with van der Waals surface area (Å²) in [5.41, 5.74) is 2.28. The lowest BCUT2D eigenvalue weighted by molar-refractivity contribution is -0.139. The molecule has 7 heteroatoms. The van der Waals surface area contributed by atoms with Gasteiger partial charge in [0.15, 0.2) is 0 Å². The largest absolute Gasteiger partial charge is 0.480 e. The first kappa shape index (κ1) is 22.5. The molecule has 3 aromatic rings. The summed E-state index contributed by atoms with van der Waals surface area (Å²) in [6, 6.07) is 9.27. The van der Waals surface area contributed by atoms with E-state index in [1.807, 2.05) is 19.9 Å². The van der Waals surface area contributed by atoms with Crippen molar-refractivity contribution in [1.82, 2.24) is 14.9 Å². The van der Waals surface area contributed by atoms with Crippen molar-refractivity contribution in [1.29, 1.82) is 0 Å². The van der Waals surface area contributed by atoms with E-state index in [0.29, 0.717) is 23.9 Å². The molecule has 2 N–H and O–H groups in total. The van der Waals surface area contributed by atoms with Crippen LogP contribution in [0.15, 0.2) is 35.7 Å². The zero-order valence-corrected chi connectivity index (χ0v) is 19.7. The van der Waals surface area contributed by atoms with Crippen LogP contribution >= 0.6 is 11.3 Å². The van der Waals surface area contributed by atoms with Crippen molar-refractivity contribution in [3.05, 3.63) is 52.0 Å². The molecule has 2 unspecified atom stereocenters. The highest BCUT2D eigenvalue weighted by atomic mass is 32.1. The minimum Gasteiger partial charge on any atom is -0.480 e. The van der Waals surface area contributed by atoms with Crippen LogP contribution in [0.25, 0.3) is 11.0 Å². The lowest BCUT2D eigenvalue weighted by Gasteiger charge is -2.21. The van der Waals surface area contributed by atoms with Crippen LogP contribution < -0.4 is 5.32 Å². The molecule has 0 saturated heterocycles. The van der Waals surface area contributed by atoms with E-state index in [9.17, 15) is 14.7 Å². The number of fused-ring (bicyclic) bond motifs is 1. The van der Waals surface area contributed by atoms with Crippen LogP contribution in [0.1, 0.15) is 73.6 Å². The molecule has 1 amide bonds. The fourth-order valence-corrected chi connectivity index (χ4v) is 5.50. The van der Waals surface area contributed by atoms with Gasteiger partial charge in [0.2, 0.25) is 0 Å². The van der Waals surface area contributed by atoms with Crippen LogP contribution in [0.3, 0.4) is 0 Å². The monoisotopic (exact) mass is 453 g/mol. The van der Waals surface area contributed by atoms with E-state index < -0.39 is 12.0 Å². The Hall–Kier alpha value is -2.67. The Balaban J connectivity index is 1.67. The van der Waals surface area contributed by atoms with Crippen molar-refractivity contribution in [3.63, 3.8) is 0 Å². The Morgan fingerprint density at radius 3 is 2.72 bits per heavy atom. The summed E-state index contributed by atoms with van der Waals surface area (Å²) >= 11 is 1.73. The highest BCUT2D eigenvalue weighted by Crippen LogP contribution is 2.39. The van der Waals surface area contributed by atoms with Crippen LogP contribution in [0.4, 0.5) is 0 Å². The molecule has 32 heavy (non-hydrogen) atoms. The minimum atomic E-state index is -1.01. The lowest BCUT2D eigenvalue weighted by atomic mass is 10.0. The van der Waals surface area contributed by atoms with Gasteiger partial charge >= 0.3 is 5.97 Å². The third-order valence-corrected chi connectivity index (χ3v) is 7.27. The molecule has 1 aromatic carbocycles. The van der Waals surface area contributed by atoms with Crippen LogP contribution in [0.2, 0.25) is 0 Å². The number of nitrogens with one attached hydrogen (secondary N) is 1. The Bertz CT molecular complexity index is 1100. The van der Waals surface area contributed by atoms with Gasteiger partial charge in [-0.1, -0.05) is 33.3 Å². The van der Waals surface area contributed by atoms with Crippen molar-refractivity contribution in [3.8, 4) is 0 Å². The van der Waals surface area contributed by atoms with E-state index in [4.69, 9.17) is 4.98 Å². The number of benzene rings is 1. The quantitative estimate of drug-likeness (QED) is 0.486. The smallest absolute Gasteiger partial charge is 0.326 e. The molecule has 0 aliphatic heterocycles. The van der Waals surface area contributed by atoms with E-state index in [-0.39, 0.29) is 11.8 Å². The Kier molecular flexibility index (Phi) is 6.65. The van der Waals surface area contributed by atoms with Gasteiger partial charge in [0.25, 0.3) is 5.91 Å². The van der Waals surface area contributed by atoms with Gasteiger partial charge in [-0.3, -0.25) is 4.79 Å². The Morgan fingerprint density at radius 1 is 1.28 bits per heavy atom. The Morgan fingerprint density at radius 2 is 2.09 bits per heavy atom. The molecular weight excluding hydrogens is 422 g/mol. The number of aromatic nitrogens is 2. The number of carbonyl (C=O) groups excluding carboxylic acids is 1. The highest BCUT2D eigenvalue weighted by Gasteiger charge is 2.29. The maximum atomic E-state index is 12.8. The molecular formula is C25H31N3O3S. The van der Waals surface area contributed by atoms with Gasteiger partial charge in [-0.2, -0.15) is 0 Å². The molecule has 1 aliphatic carbocycles. The Labute approximate surface area is 192 Å². The highest BCUT2D eigenvalue weighted by molar-refractivity contribution is 7.09. The molecule has 1 aliphatic rings. The summed E-state index contributed by atoms with van der Waals surface area (Å²) in [5, 5.41) is 14.2. The summed E-state index contributed by atoms with van der Waals surface area (Å²) in [5.74, 6) is 0.406. The standard InChI is InChI=1S/C25H31N3O3S/c1-15(2)12-20(25(30)31)27-24(29)17-9-10-22-19(13-17)26-23(14-18-7-5-11-32-18)28(22)21-8-4-6-16(21)3/h5,7,9-11,13,15-16,20-21H,4,6,8,12,14H2,1-3H3,(H,27,29)(H,30,31)/t16?,20-,21?/m0/s1. The first-order valence-electron chi connectivity index (χ1n) is 11.4. The summed E-state index contributed by atoms with van der Waals surface area (Å²) in [7, 11) is 0. The van der Waals surface area contributed by atoms with Crippen LogP contribution in [0, 0.1) is 11.8 Å². The predicted molar refractivity (Wildman–Crippen MR) is 127 cm³/mol. The normalized spacial score (nSPS) is 19.5. The fourth-order valence-electron chi connectivity index (χ4n) is 4.80. The number of rotatable bonds is 8. The first-order chi connectivity index (χ1) is 15.3. The van der Waals surface area contributed by atoms with Gasteiger partial charge < -0.3 is 15.0 Å². The number of carboxylic acids is 1. The third kappa shape index (κ3) is 4.72. The fraction of sp³-hybridized carbons (Fsp3) is 0.480. The zero-order chi connectivity index (χ0) is 22.8. The third-order valence-electron chi connectivity index (χ3n) is 6.40. The number of hydrogen-bond acceptors (Lipinski definition) is 4. The number of nitrogens with zero attached hydrogens (tertiary/aromatic N) is 2. The summed E-state index contributed by atoms with van der Waals surface area (Å²) in [4.78, 5) is 30.6. The molecule has 6 nitrogen and oxygen atoms in total. The SMILES string of the molecule is CC(C)C[C@H](NC(=O)c1ccc2c(c1)nc(Cc1cccs1)n2C1CCCC1C)C(=O)O. The molecule has 170 valence electrons. The van der Waals surface area contributed by atoms with Gasteiger partial charge in [-0.05, 0) is 60.7 Å². The number of aliphatic carboxylic acids is 1. The number of amides is 1. The average Bonchev–Trinajstić information content (AvgIpc) is 3.47. The molecule has 3 atom stereocenters. The molecule has 0 bridgehead atoms. The number of carboxylic acid groups (broad SMARTS) is 1. The average molecular weight is 454 g/mol.